The monoisotopic (exact) mass is 195 g/mol. The third-order valence-electron chi connectivity index (χ3n) is 1.72. The minimum absolute atomic E-state index is 0.712. The van der Waals surface area contributed by atoms with E-state index in [2.05, 4.69) is 6.07 Å². The maximum atomic E-state index is 5.94. The van der Waals surface area contributed by atoms with E-state index >= 15 is 0 Å². The summed E-state index contributed by atoms with van der Waals surface area (Å²) in [5, 5.41) is 3.47. The summed E-state index contributed by atoms with van der Waals surface area (Å²) in [6, 6.07) is 12.2. The number of hydrogen-bond acceptors (Lipinski definition) is 0. The third-order valence-corrected chi connectivity index (χ3v) is 2.27. The van der Waals surface area contributed by atoms with Gasteiger partial charge in [0, 0.05) is 15.4 Å². The molecule has 0 bridgehead atoms. The van der Waals surface area contributed by atoms with Crippen molar-refractivity contribution < 1.29 is 0 Å². The zero-order chi connectivity index (χ0) is 8.55. The van der Waals surface area contributed by atoms with Crippen LogP contribution in [0.15, 0.2) is 30.3 Å². The van der Waals surface area contributed by atoms with Crippen molar-refractivity contribution in [3.8, 4) is 0 Å². The molecule has 0 amide bonds. The van der Waals surface area contributed by atoms with Gasteiger partial charge in [0.25, 0.3) is 0 Å². The average Bonchev–Trinajstić information content (AvgIpc) is 2.04. The zero-order valence-electron chi connectivity index (χ0n) is 6.14. The molecule has 2 rings (SSSR count). The maximum Gasteiger partial charge on any atom is 0.0490 e. The Labute approximate surface area is 80.7 Å². The Kier molecular flexibility index (Phi) is 1.95. The highest BCUT2D eigenvalue weighted by molar-refractivity contribution is 6.36. The normalized spacial score (nSPS) is 10.5. The standard InChI is InChI=1S/C10H5Cl2/c11-8-4-5-9-7(6-8)2-1-3-10(9)12/h2-6H. The fraction of sp³-hybridized carbons (Fsp3) is 0. The zero-order valence-corrected chi connectivity index (χ0v) is 7.65. The SMILES string of the molecule is Clc1ccc2c(Cl)c[c]cc2c1. The van der Waals surface area contributed by atoms with Crippen LogP contribution in [0.5, 0.6) is 0 Å². The van der Waals surface area contributed by atoms with Crippen molar-refractivity contribution in [1.29, 1.82) is 0 Å². The van der Waals surface area contributed by atoms with Gasteiger partial charge in [-0.15, -0.1) is 0 Å². The van der Waals surface area contributed by atoms with Crippen molar-refractivity contribution in [2.24, 2.45) is 0 Å². The lowest BCUT2D eigenvalue weighted by atomic mass is 10.1. The number of fused-ring (bicyclic) bond motifs is 1. The largest absolute Gasteiger partial charge is 0.0843 e. The molecular weight excluding hydrogens is 191 g/mol. The molecule has 0 aromatic heterocycles. The fourth-order valence-electron chi connectivity index (χ4n) is 1.15. The van der Waals surface area contributed by atoms with Crippen LogP contribution in [0.1, 0.15) is 0 Å². The van der Waals surface area contributed by atoms with Crippen LogP contribution in [-0.2, 0) is 0 Å². The Bertz CT molecular complexity index is 421. The number of halogens is 2. The summed E-state index contributed by atoms with van der Waals surface area (Å²) in [6.07, 6.45) is 0. The molecule has 0 unspecified atom stereocenters. The summed E-state index contributed by atoms with van der Waals surface area (Å²) >= 11 is 11.7. The summed E-state index contributed by atoms with van der Waals surface area (Å²) in [4.78, 5) is 0. The highest BCUT2D eigenvalue weighted by Gasteiger charge is 1.97. The van der Waals surface area contributed by atoms with Crippen LogP contribution in [0.2, 0.25) is 10.0 Å². The molecule has 0 heterocycles. The molecule has 0 fully saturated rings. The first-order valence-corrected chi connectivity index (χ1v) is 4.28. The minimum atomic E-state index is 0.712. The lowest BCUT2D eigenvalue weighted by Crippen LogP contribution is -1.73. The highest BCUT2D eigenvalue weighted by Crippen LogP contribution is 2.25. The Morgan fingerprint density at radius 1 is 1.08 bits per heavy atom. The second kappa shape index (κ2) is 2.96. The first-order valence-electron chi connectivity index (χ1n) is 3.52. The van der Waals surface area contributed by atoms with Crippen molar-refractivity contribution in [2.45, 2.75) is 0 Å². The van der Waals surface area contributed by atoms with Gasteiger partial charge in [0.15, 0.2) is 0 Å². The van der Waals surface area contributed by atoms with Gasteiger partial charge in [0.2, 0.25) is 0 Å². The summed E-state index contributed by atoms with van der Waals surface area (Å²) in [6.45, 7) is 0. The van der Waals surface area contributed by atoms with Crippen LogP contribution in [-0.4, -0.2) is 0 Å². The molecule has 0 saturated heterocycles. The van der Waals surface area contributed by atoms with E-state index in [1.165, 1.54) is 0 Å². The molecular formula is C10H5Cl2. The summed E-state index contributed by atoms with van der Waals surface area (Å²) < 4.78 is 0. The second-order valence-corrected chi connectivity index (χ2v) is 3.38. The second-order valence-electron chi connectivity index (χ2n) is 2.53. The predicted octanol–water partition coefficient (Wildman–Crippen LogP) is 3.95. The number of hydrogen-bond donors (Lipinski definition) is 0. The Morgan fingerprint density at radius 2 is 1.92 bits per heavy atom. The van der Waals surface area contributed by atoms with Crippen molar-refractivity contribution in [1.82, 2.24) is 0 Å². The Balaban J connectivity index is 2.86. The molecule has 2 aromatic rings. The van der Waals surface area contributed by atoms with Gasteiger partial charge in [-0.1, -0.05) is 29.3 Å². The maximum absolute atomic E-state index is 5.94. The van der Waals surface area contributed by atoms with Crippen LogP contribution in [0.4, 0.5) is 0 Å². The van der Waals surface area contributed by atoms with Crippen LogP contribution in [0.3, 0.4) is 0 Å². The lowest BCUT2D eigenvalue weighted by molar-refractivity contribution is 1.73. The van der Waals surface area contributed by atoms with Gasteiger partial charge in [-0.2, -0.15) is 0 Å². The van der Waals surface area contributed by atoms with E-state index in [4.69, 9.17) is 23.2 Å². The number of benzene rings is 2. The topological polar surface area (TPSA) is 0 Å². The van der Waals surface area contributed by atoms with Gasteiger partial charge < -0.3 is 0 Å². The van der Waals surface area contributed by atoms with Crippen molar-refractivity contribution in [2.75, 3.05) is 0 Å². The Morgan fingerprint density at radius 3 is 2.75 bits per heavy atom. The Hall–Kier alpha value is -0.720. The molecule has 0 aliphatic rings. The summed E-state index contributed by atoms with van der Waals surface area (Å²) in [5.74, 6) is 0. The minimum Gasteiger partial charge on any atom is -0.0843 e. The molecule has 2 heteroatoms. The van der Waals surface area contributed by atoms with Gasteiger partial charge >= 0.3 is 0 Å². The molecule has 0 spiro atoms. The van der Waals surface area contributed by atoms with Gasteiger partial charge in [-0.25, -0.2) is 0 Å². The molecule has 0 N–H and O–H groups in total. The van der Waals surface area contributed by atoms with Crippen molar-refractivity contribution >= 4 is 34.0 Å². The fourth-order valence-corrected chi connectivity index (χ4v) is 1.57. The molecule has 0 saturated carbocycles. The van der Waals surface area contributed by atoms with Gasteiger partial charge in [-0.3, -0.25) is 0 Å². The molecule has 12 heavy (non-hydrogen) atoms. The van der Waals surface area contributed by atoms with Crippen LogP contribution < -0.4 is 0 Å². The molecule has 0 aliphatic heterocycles. The van der Waals surface area contributed by atoms with E-state index < -0.39 is 0 Å². The van der Waals surface area contributed by atoms with Crippen molar-refractivity contribution in [3.05, 3.63) is 46.4 Å². The summed E-state index contributed by atoms with van der Waals surface area (Å²) in [5.41, 5.74) is 0. The first kappa shape index (κ1) is 7.90. The van der Waals surface area contributed by atoms with E-state index in [-0.39, 0.29) is 0 Å². The van der Waals surface area contributed by atoms with Gasteiger partial charge in [-0.05, 0) is 35.7 Å². The molecule has 0 nitrogen and oxygen atoms in total. The number of rotatable bonds is 0. The van der Waals surface area contributed by atoms with Crippen LogP contribution in [0.25, 0.3) is 10.8 Å². The van der Waals surface area contributed by atoms with Crippen LogP contribution >= 0.6 is 23.2 Å². The molecule has 59 valence electrons. The highest BCUT2D eigenvalue weighted by atomic mass is 35.5. The predicted molar refractivity (Wildman–Crippen MR) is 52.8 cm³/mol. The van der Waals surface area contributed by atoms with E-state index in [1.54, 1.807) is 6.07 Å². The van der Waals surface area contributed by atoms with Crippen LogP contribution in [0, 0.1) is 6.07 Å². The quantitative estimate of drug-likeness (QED) is 0.598. The summed E-state index contributed by atoms with van der Waals surface area (Å²) in [7, 11) is 0. The van der Waals surface area contributed by atoms with E-state index in [1.807, 2.05) is 24.3 Å². The average molecular weight is 196 g/mol. The van der Waals surface area contributed by atoms with E-state index in [9.17, 15) is 0 Å². The third kappa shape index (κ3) is 1.28. The smallest absolute Gasteiger partial charge is 0.0490 e. The molecule has 1 radical (unpaired) electrons. The molecule has 0 atom stereocenters. The van der Waals surface area contributed by atoms with Gasteiger partial charge in [0.05, 0.1) is 0 Å². The van der Waals surface area contributed by atoms with E-state index in [0.29, 0.717) is 5.02 Å². The lowest BCUT2D eigenvalue weighted by Gasteiger charge is -1.98. The molecule has 0 aliphatic carbocycles. The van der Waals surface area contributed by atoms with Gasteiger partial charge in [0.1, 0.15) is 0 Å². The first-order chi connectivity index (χ1) is 5.77. The van der Waals surface area contributed by atoms with Crippen molar-refractivity contribution in [3.63, 3.8) is 0 Å². The van der Waals surface area contributed by atoms with E-state index in [0.717, 1.165) is 15.8 Å². The molecule has 2 aromatic carbocycles.